The molecule has 3 aromatic rings. The van der Waals surface area contributed by atoms with Gasteiger partial charge in [-0.15, -0.1) is 0 Å². The Morgan fingerprint density at radius 3 is 2.38 bits per heavy atom. The number of aliphatic hydroxyl groups is 1. The summed E-state index contributed by atoms with van der Waals surface area (Å²) < 4.78 is 11.1. The number of amides is 3. The molecule has 3 aromatic carbocycles. The zero-order valence-corrected chi connectivity index (χ0v) is 27.1. The number of likely N-dealkylation sites (tertiary alicyclic amines) is 1. The molecule has 2 N–H and O–H groups in total. The summed E-state index contributed by atoms with van der Waals surface area (Å²) in [6.07, 6.45) is 3.67. The van der Waals surface area contributed by atoms with Gasteiger partial charge in [0.2, 0.25) is 5.91 Å². The highest BCUT2D eigenvalue weighted by Crippen LogP contribution is 2.35. The van der Waals surface area contributed by atoms with Crippen LogP contribution < -0.4 is 19.7 Å². The molecule has 10 nitrogen and oxygen atoms in total. The molecule has 47 heavy (non-hydrogen) atoms. The summed E-state index contributed by atoms with van der Waals surface area (Å²) in [6.45, 7) is 3.48. The van der Waals surface area contributed by atoms with Gasteiger partial charge < -0.3 is 34.6 Å². The van der Waals surface area contributed by atoms with E-state index in [1.807, 2.05) is 41.3 Å². The number of carbonyl (C=O) groups is 3. The number of halogens is 1. The van der Waals surface area contributed by atoms with Crippen molar-refractivity contribution in [2.45, 2.75) is 37.8 Å². The highest BCUT2D eigenvalue weighted by atomic mass is 35.5. The van der Waals surface area contributed by atoms with Crippen LogP contribution >= 0.6 is 11.6 Å². The molecule has 3 amide bonds. The van der Waals surface area contributed by atoms with E-state index in [-0.39, 0.29) is 24.0 Å². The Kier molecular flexibility index (Phi) is 9.98. The molecule has 3 aliphatic heterocycles. The standard InChI is InChI=1S/C36H39ClN4O6/c1-46-26-13-14-32-28(22-26)31(42)23-33(47-32)34(43)38-29(21-24-9-11-25(37)12-10-24)36(45)41-19-17-39(18-20-41)30-8-4-3-7-27(30)35(44)40-15-5-2-6-16-40/h3-4,7-14,22-23,29,31,42H,2,5-6,15-21H2,1H3,(H,38,43)/t29-,31?/m1/s1. The Balaban J connectivity index is 1.16. The third-order valence-electron chi connectivity index (χ3n) is 8.95. The molecule has 6 rings (SSSR count). The number of piperazine rings is 1. The summed E-state index contributed by atoms with van der Waals surface area (Å²) in [7, 11) is 1.53. The molecular weight excluding hydrogens is 620 g/mol. The monoisotopic (exact) mass is 658 g/mol. The summed E-state index contributed by atoms with van der Waals surface area (Å²) in [5.74, 6) is 0.00841. The van der Waals surface area contributed by atoms with Gasteiger partial charge >= 0.3 is 0 Å². The number of aliphatic hydroxyl groups excluding tert-OH is 1. The molecule has 11 heteroatoms. The first-order chi connectivity index (χ1) is 22.8. The van der Waals surface area contributed by atoms with Crippen LogP contribution in [0.25, 0.3) is 0 Å². The lowest BCUT2D eigenvalue weighted by molar-refractivity contribution is -0.136. The molecule has 0 aromatic heterocycles. The fraction of sp³-hybridized carbons (Fsp3) is 0.361. The number of piperidine rings is 1. The second-order valence-electron chi connectivity index (χ2n) is 12.0. The predicted octanol–water partition coefficient (Wildman–Crippen LogP) is 4.36. The number of benzene rings is 3. The van der Waals surface area contributed by atoms with Crippen LogP contribution in [0, 0.1) is 0 Å². The van der Waals surface area contributed by atoms with Crippen molar-refractivity contribution in [3.63, 3.8) is 0 Å². The molecule has 246 valence electrons. The number of hydrogen-bond donors (Lipinski definition) is 2. The number of para-hydroxylation sites is 1. The minimum absolute atomic E-state index is 0.0515. The van der Waals surface area contributed by atoms with Gasteiger partial charge in [-0.1, -0.05) is 35.9 Å². The lowest BCUT2D eigenvalue weighted by Gasteiger charge is -2.38. The van der Waals surface area contributed by atoms with Crippen molar-refractivity contribution < 1.29 is 29.0 Å². The van der Waals surface area contributed by atoms with Crippen molar-refractivity contribution in [1.29, 1.82) is 0 Å². The van der Waals surface area contributed by atoms with E-state index < -0.39 is 18.1 Å². The minimum atomic E-state index is -1.09. The Hall–Kier alpha value is -4.54. The maximum absolute atomic E-state index is 14.0. The molecule has 2 atom stereocenters. The third-order valence-corrected chi connectivity index (χ3v) is 9.21. The number of methoxy groups -OCH3 is 1. The van der Waals surface area contributed by atoms with E-state index in [2.05, 4.69) is 10.2 Å². The van der Waals surface area contributed by atoms with Crippen LogP contribution in [0.5, 0.6) is 11.5 Å². The van der Waals surface area contributed by atoms with E-state index in [4.69, 9.17) is 21.1 Å². The quantitative estimate of drug-likeness (QED) is 0.370. The average Bonchev–Trinajstić information content (AvgIpc) is 3.12. The van der Waals surface area contributed by atoms with Crippen molar-refractivity contribution in [2.75, 3.05) is 51.3 Å². The van der Waals surface area contributed by atoms with Gasteiger partial charge in [0.1, 0.15) is 23.6 Å². The maximum Gasteiger partial charge on any atom is 0.287 e. The smallest absolute Gasteiger partial charge is 0.287 e. The molecule has 0 bridgehead atoms. The highest BCUT2D eigenvalue weighted by molar-refractivity contribution is 6.30. The summed E-state index contributed by atoms with van der Waals surface area (Å²) in [4.78, 5) is 46.8. The van der Waals surface area contributed by atoms with Crippen LogP contribution in [0.4, 0.5) is 5.69 Å². The second kappa shape index (κ2) is 14.5. The largest absolute Gasteiger partial charge is 0.497 e. The molecule has 2 fully saturated rings. The van der Waals surface area contributed by atoms with Crippen molar-refractivity contribution in [2.24, 2.45) is 0 Å². The van der Waals surface area contributed by atoms with Crippen LogP contribution in [0.1, 0.15) is 46.9 Å². The van der Waals surface area contributed by atoms with Gasteiger partial charge in [-0.3, -0.25) is 14.4 Å². The van der Waals surface area contributed by atoms with Gasteiger partial charge in [0, 0.05) is 62.0 Å². The Morgan fingerprint density at radius 2 is 1.66 bits per heavy atom. The Morgan fingerprint density at radius 1 is 0.936 bits per heavy atom. The van der Waals surface area contributed by atoms with Gasteiger partial charge in [-0.2, -0.15) is 0 Å². The summed E-state index contributed by atoms with van der Waals surface area (Å²) in [5, 5.41) is 14.2. The summed E-state index contributed by atoms with van der Waals surface area (Å²) in [5.41, 5.74) is 2.86. The van der Waals surface area contributed by atoms with E-state index >= 15 is 0 Å². The van der Waals surface area contributed by atoms with Crippen LogP contribution in [0.15, 0.2) is 78.6 Å². The number of carbonyl (C=O) groups excluding carboxylic acids is 3. The molecule has 3 aliphatic rings. The number of ether oxygens (including phenoxy) is 2. The van der Waals surface area contributed by atoms with Gasteiger partial charge in [0.15, 0.2) is 5.76 Å². The van der Waals surface area contributed by atoms with Gasteiger partial charge in [-0.05, 0) is 73.4 Å². The molecule has 0 aliphatic carbocycles. The lowest BCUT2D eigenvalue weighted by Crippen LogP contribution is -2.56. The van der Waals surface area contributed by atoms with E-state index in [1.54, 1.807) is 35.2 Å². The normalized spacial score (nSPS) is 18.4. The fourth-order valence-corrected chi connectivity index (χ4v) is 6.48. The fourth-order valence-electron chi connectivity index (χ4n) is 6.36. The first-order valence-electron chi connectivity index (χ1n) is 16.0. The molecule has 0 spiro atoms. The van der Waals surface area contributed by atoms with Crippen molar-refractivity contribution in [1.82, 2.24) is 15.1 Å². The first kappa shape index (κ1) is 32.4. The van der Waals surface area contributed by atoms with Crippen LogP contribution in [0.2, 0.25) is 5.02 Å². The second-order valence-corrected chi connectivity index (χ2v) is 12.5. The van der Waals surface area contributed by atoms with Crippen molar-refractivity contribution >= 4 is 35.0 Å². The molecular formula is C36H39ClN4O6. The first-order valence-corrected chi connectivity index (χ1v) is 16.4. The predicted molar refractivity (Wildman–Crippen MR) is 179 cm³/mol. The van der Waals surface area contributed by atoms with E-state index in [0.717, 1.165) is 43.6 Å². The number of hydrogen-bond acceptors (Lipinski definition) is 7. The van der Waals surface area contributed by atoms with Gasteiger partial charge in [-0.25, -0.2) is 0 Å². The van der Waals surface area contributed by atoms with E-state index in [0.29, 0.717) is 53.8 Å². The third kappa shape index (κ3) is 7.39. The molecule has 1 unspecified atom stereocenters. The highest BCUT2D eigenvalue weighted by Gasteiger charge is 2.33. The molecule has 2 saturated heterocycles. The van der Waals surface area contributed by atoms with Crippen molar-refractivity contribution in [3.8, 4) is 11.5 Å². The number of nitrogens with zero attached hydrogens (tertiary/aromatic N) is 3. The van der Waals surface area contributed by atoms with E-state index in [9.17, 15) is 19.5 Å². The average molecular weight is 659 g/mol. The van der Waals surface area contributed by atoms with Crippen molar-refractivity contribution in [3.05, 3.63) is 100 Å². The van der Waals surface area contributed by atoms with Gasteiger partial charge in [0.25, 0.3) is 11.8 Å². The van der Waals surface area contributed by atoms with E-state index in [1.165, 1.54) is 13.2 Å². The lowest BCUT2D eigenvalue weighted by atomic mass is 10.0. The number of rotatable bonds is 8. The topological polar surface area (TPSA) is 112 Å². The summed E-state index contributed by atoms with van der Waals surface area (Å²) in [6, 6.07) is 18.9. The molecule has 3 heterocycles. The minimum Gasteiger partial charge on any atom is -0.497 e. The maximum atomic E-state index is 14.0. The number of nitrogens with one attached hydrogen (secondary N) is 1. The Labute approximate surface area is 279 Å². The number of fused-ring (bicyclic) bond motifs is 1. The zero-order chi connectivity index (χ0) is 32.9. The molecule has 0 radical (unpaired) electrons. The summed E-state index contributed by atoms with van der Waals surface area (Å²) >= 11 is 6.10. The molecule has 0 saturated carbocycles. The van der Waals surface area contributed by atoms with Crippen LogP contribution in [-0.2, 0) is 16.0 Å². The SMILES string of the molecule is COc1ccc2c(c1)C(O)C=C(C(=O)N[C@H](Cc1ccc(Cl)cc1)C(=O)N1CCN(c3ccccc3C(=O)N3CCCCC3)CC1)O2. The number of anilines is 1. The van der Waals surface area contributed by atoms with Gasteiger partial charge in [0.05, 0.1) is 12.7 Å². The Bertz CT molecular complexity index is 1650. The van der Waals surface area contributed by atoms with Crippen LogP contribution in [-0.4, -0.2) is 85.0 Å². The van der Waals surface area contributed by atoms with Crippen LogP contribution in [0.3, 0.4) is 0 Å². The zero-order valence-electron chi connectivity index (χ0n) is 26.4.